The van der Waals surface area contributed by atoms with Crippen LogP contribution >= 0.6 is 0 Å². The van der Waals surface area contributed by atoms with E-state index in [1.807, 2.05) is 0 Å². The van der Waals surface area contributed by atoms with Gasteiger partial charge in [-0.1, -0.05) is 20.3 Å². The summed E-state index contributed by atoms with van der Waals surface area (Å²) in [7, 11) is 0. The Labute approximate surface area is 112 Å². The molecule has 2 heterocycles. The van der Waals surface area contributed by atoms with Gasteiger partial charge < -0.3 is 5.11 Å². The molecule has 1 N–H and O–H groups in total. The van der Waals surface area contributed by atoms with E-state index in [0.29, 0.717) is 12.6 Å². The smallest absolute Gasteiger partial charge is 0.0630 e. The van der Waals surface area contributed by atoms with Crippen LogP contribution in [0.1, 0.15) is 52.4 Å². The lowest BCUT2D eigenvalue weighted by atomic mass is 9.80. The molecule has 0 radical (unpaired) electrons. The van der Waals surface area contributed by atoms with Gasteiger partial charge in [-0.25, -0.2) is 0 Å². The summed E-state index contributed by atoms with van der Waals surface area (Å²) in [5.74, 6) is 0. The summed E-state index contributed by atoms with van der Waals surface area (Å²) in [6.07, 6.45) is 7.61. The maximum absolute atomic E-state index is 10.1. The molecule has 2 saturated heterocycles. The Hall–Kier alpha value is -0.120. The molecule has 0 aromatic carbocycles. The fourth-order valence-corrected chi connectivity index (χ4v) is 4.13. The molecule has 0 amide bonds. The van der Waals surface area contributed by atoms with Gasteiger partial charge in [-0.2, -0.15) is 0 Å². The molecule has 2 fully saturated rings. The predicted molar refractivity (Wildman–Crippen MR) is 75.8 cm³/mol. The van der Waals surface area contributed by atoms with Crippen LogP contribution in [0.2, 0.25) is 0 Å². The normalized spacial score (nSPS) is 30.5. The summed E-state index contributed by atoms with van der Waals surface area (Å²) < 4.78 is 0. The molecule has 18 heavy (non-hydrogen) atoms. The Morgan fingerprint density at radius 2 is 1.72 bits per heavy atom. The second-order valence-corrected chi connectivity index (χ2v) is 5.95. The largest absolute Gasteiger partial charge is 0.394 e. The third-order valence-electron chi connectivity index (χ3n) is 5.26. The van der Waals surface area contributed by atoms with E-state index in [9.17, 15) is 5.11 Å². The van der Waals surface area contributed by atoms with Gasteiger partial charge in [0.2, 0.25) is 0 Å². The highest BCUT2D eigenvalue weighted by atomic mass is 16.3. The van der Waals surface area contributed by atoms with E-state index < -0.39 is 0 Å². The van der Waals surface area contributed by atoms with Gasteiger partial charge in [-0.15, -0.1) is 0 Å². The third-order valence-corrected chi connectivity index (χ3v) is 5.26. The number of rotatable bonds is 5. The maximum Gasteiger partial charge on any atom is 0.0630 e. The zero-order valence-corrected chi connectivity index (χ0v) is 12.2. The van der Waals surface area contributed by atoms with Crippen LogP contribution in [0.5, 0.6) is 0 Å². The number of likely N-dealkylation sites (N-methyl/N-ethyl adjacent to an activating group) is 1. The summed E-state index contributed by atoms with van der Waals surface area (Å²) in [6.45, 7) is 9.56. The highest BCUT2D eigenvalue weighted by Gasteiger charge is 2.45. The summed E-state index contributed by atoms with van der Waals surface area (Å²) in [5.41, 5.74) is 0.0208. The minimum Gasteiger partial charge on any atom is -0.394 e. The number of aliphatic hydroxyl groups excluding tert-OH is 1. The van der Waals surface area contributed by atoms with Gasteiger partial charge in [0.25, 0.3) is 0 Å². The minimum absolute atomic E-state index is 0.0208. The second kappa shape index (κ2) is 6.36. The number of piperidine rings is 1. The number of likely N-dealkylation sites (tertiary alicyclic amines) is 2. The Balaban J connectivity index is 2.20. The van der Waals surface area contributed by atoms with Crippen molar-refractivity contribution in [2.24, 2.45) is 0 Å². The van der Waals surface area contributed by atoms with Crippen LogP contribution < -0.4 is 0 Å². The Kier molecular flexibility index (Phi) is 5.05. The summed E-state index contributed by atoms with van der Waals surface area (Å²) in [5, 5.41) is 10.1. The summed E-state index contributed by atoms with van der Waals surface area (Å²) in [4.78, 5) is 5.20. The lowest BCUT2D eigenvalue weighted by Gasteiger charge is -2.51. The Bertz CT molecular complexity index is 247. The molecular weight excluding hydrogens is 224 g/mol. The monoisotopic (exact) mass is 254 g/mol. The Morgan fingerprint density at radius 3 is 2.28 bits per heavy atom. The molecule has 0 aliphatic carbocycles. The summed E-state index contributed by atoms with van der Waals surface area (Å²) in [6, 6.07) is 0.560. The average Bonchev–Trinajstić information content (AvgIpc) is 2.96. The first-order valence-electron chi connectivity index (χ1n) is 7.88. The fourth-order valence-electron chi connectivity index (χ4n) is 4.13. The van der Waals surface area contributed by atoms with Crippen molar-refractivity contribution in [1.82, 2.24) is 9.80 Å². The first kappa shape index (κ1) is 14.3. The van der Waals surface area contributed by atoms with Crippen molar-refractivity contribution >= 4 is 0 Å². The first-order valence-corrected chi connectivity index (χ1v) is 7.88. The fraction of sp³-hybridized carbons (Fsp3) is 1.00. The van der Waals surface area contributed by atoms with E-state index in [4.69, 9.17) is 0 Å². The number of nitrogens with zero attached hydrogens (tertiary/aromatic N) is 2. The molecule has 0 aromatic heterocycles. The van der Waals surface area contributed by atoms with Crippen molar-refractivity contribution in [2.45, 2.75) is 64.0 Å². The number of aliphatic hydroxyl groups is 1. The van der Waals surface area contributed by atoms with Gasteiger partial charge in [-0.3, -0.25) is 9.80 Å². The second-order valence-electron chi connectivity index (χ2n) is 5.95. The molecule has 0 bridgehead atoms. The predicted octanol–water partition coefficient (Wildman–Crippen LogP) is 2.10. The van der Waals surface area contributed by atoms with E-state index in [2.05, 4.69) is 23.6 Å². The van der Waals surface area contributed by atoms with E-state index in [1.54, 1.807) is 0 Å². The minimum atomic E-state index is 0.0208. The van der Waals surface area contributed by atoms with Crippen molar-refractivity contribution in [3.63, 3.8) is 0 Å². The van der Waals surface area contributed by atoms with Crippen molar-refractivity contribution < 1.29 is 5.11 Å². The van der Waals surface area contributed by atoms with Crippen LogP contribution in [0.15, 0.2) is 0 Å². The van der Waals surface area contributed by atoms with Crippen LogP contribution in [0, 0.1) is 0 Å². The van der Waals surface area contributed by atoms with Gasteiger partial charge in [-0.05, 0) is 58.3 Å². The maximum atomic E-state index is 10.1. The molecule has 2 unspecified atom stereocenters. The lowest BCUT2D eigenvalue weighted by molar-refractivity contribution is -0.0457. The van der Waals surface area contributed by atoms with Crippen LogP contribution in [-0.2, 0) is 0 Å². The highest BCUT2D eigenvalue weighted by molar-refractivity contribution is 5.02. The van der Waals surface area contributed by atoms with E-state index in [0.717, 1.165) is 13.0 Å². The molecule has 0 saturated carbocycles. The quantitative estimate of drug-likeness (QED) is 0.814. The van der Waals surface area contributed by atoms with Crippen molar-refractivity contribution in [1.29, 1.82) is 0 Å². The van der Waals surface area contributed by atoms with Crippen LogP contribution in [0.3, 0.4) is 0 Å². The molecule has 2 rings (SSSR count). The van der Waals surface area contributed by atoms with Gasteiger partial charge in [0.05, 0.1) is 12.1 Å². The average molecular weight is 254 g/mol. The zero-order chi connectivity index (χ0) is 13.0. The molecule has 2 aliphatic heterocycles. The topological polar surface area (TPSA) is 26.7 Å². The SMILES string of the molecule is CCN1CCCCC1C(CC)(CO)N1CCCC1. The summed E-state index contributed by atoms with van der Waals surface area (Å²) >= 11 is 0. The molecule has 2 aliphatic rings. The molecule has 2 atom stereocenters. The third kappa shape index (κ3) is 2.45. The first-order chi connectivity index (χ1) is 8.78. The van der Waals surface area contributed by atoms with Crippen LogP contribution in [0.4, 0.5) is 0 Å². The van der Waals surface area contributed by atoms with Gasteiger partial charge >= 0.3 is 0 Å². The molecule has 0 aromatic rings. The van der Waals surface area contributed by atoms with Crippen molar-refractivity contribution in [3.8, 4) is 0 Å². The van der Waals surface area contributed by atoms with Gasteiger partial charge in [0.15, 0.2) is 0 Å². The van der Waals surface area contributed by atoms with Gasteiger partial charge in [0, 0.05) is 6.04 Å². The number of hydrogen-bond donors (Lipinski definition) is 1. The molecule has 106 valence electrons. The molecule has 0 spiro atoms. The lowest BCUT2D eigenvalue weighted by Crippen LogP contribution is -2.64. The van der Waals surface area contributed by atoms with Crippen LogP contribution in [-0.4, -0.2) is 59.3 Å². The van der Waals surface area contributed by atoms with Crippen LogP contribution in [0.25, 0.3) is 0 Å². The highest BCUT2D eigenvalue weighted by Crippen LogP contribution is 2.35. The van der Waals surface area contributed by atoms with E-state index >= 15 is 0 Å². The van der Waals surface area contributed by atoms with Gasteiger partial charge in [0.1, 0.15) is 0 Å². The molecular formula is C15H30N2O. The van der Waals surface area contributed by atoms with Crippen molar-refractivity contribution in [3.05, 3.63) is 0 Å². The molecule has 3 heteroatoms. The Morgan fingerprint density at radius 1 is 1.06 bits per heavy atom. The number of hydrogen-bond acceptors (Lipinski definition) is 3. The van der Waals surface area contributed by atoms with E-state index in [-0.39, 0.29) is 5.54 Å². The zero-order valence-electron chi connectivity index (χ0n) is 12.2. The molecule has 3 nitrogen and oxygen atoms in total. The standard InChI is InChI=1S/C15H30N2O/c1-3-15(13-18,17-11-7-8-12-17)14-9-5-6-10-16(14)4-2/h14,18H,3-13H2,1-2H3. The van der Waals surface area contributed by atoms with E-state index in [1.165, 1.54) is 51.7 Å². The van der Waals surface area contributed by atoms with Crippen molar-refractivity contribution in [2.75, 3.05) is 32.8 Å².